The molecule has 0 aliphatic rings. The molecule has 4 rings (SSSR count). The fraction of sp³-hybridized carbons (Fsp3) is 0.0435. The summed E-state index contributed by atoms with van der Waals surface area (Å²) in [6, 6.07) is 26.9. The summed E-state index contributed by atoms with van der Waals surface area (Å²) in [5.41, 5.74) is 6.11. The topological polar surface area (TPSA) is 36.4 Å². The van der Waals surface area contributed by atoms with Gasteiger partial charge < -0.3 is 5.32 Å². The van der Waals surface area contributed by atoms with Crippen LogP contribution < -0.4 is 10.7 Å². The summed E-state index contributed by atoms with van der Waals surface area (Å²) in [7, 11) is 0. The molecule has 0 aliphatic heterocycles. The minimum Gasteiger partial charge on any atom is -0.331 e. The average Bonchev–Trinajstić information content (AvgIpc) is 2.69. The Morgan fingerprint density at radius 1 is 0.852 bits per heavy atom. The van der Waals surface area contributed by atoms with Crippen LogP contribution >= 0.6 is 12.2 Å². The van der Waals surface area contributed by atoms with Crippen molar-refractivity contribution in [1.82, 2.24) is 5.43 Å². The molecule has 4 aromatic carbocycles. The molecule has 0 bridgehead atoms. The van der Waals surface area contributed by atoms with Gasteiger partial charge in [-0.1, -0.05) is 66.7 Å². The number of anilines is 1. The number of fused-ring (bicyclic) bond motifs is 2. The quantitative estimate of drug-likeness (QED) is 0.213. The first-order chi connectivity index (χ1) is 13.2. The van der Waals surface area contributed by atoms with Crippen molar-refractivity contribution in [3.05, 3.63) is 90.0 Å². The minimum absolute atomic E-state index is 0.463. The van der Waals surface area contributed by atoms with Crippen molar-refractivity contribution in [2.45, 2.75) is 6.92 Å². The number of nitrogens with one attached hydrogen (secondary N) is 2. The number of thiocarbonyl (C=S) groups is 1. The predicted molar refractivity (Wildman–Crippen MR) is 120 cm³/mol. The molecule has 4 heteroatoms. The molecule has 27 heavy (non-hydrogen) atoms. The summed E-state index contributed by atoms with van der Waals surface area (Å²) < 4.78 is 0. The minimum atomic E-state index is 0.463. The number of hydrazone groups is 1. The largest absolute Gasteiger partial charge is 0.331 e. The molecule has 0 aliphatic carbocycles. The van der Waals surface area contributed by atoms with Crippen molar-refractivity contribution in [2.75, 3.05) is 5.32 Å². The molecule has 0 spiro atoms. The van der Waals surface area contributed by atoms with Crippen LogP contribution in [0.1, 0.15) is 11.1 Å². The Balaban J connectivity index is 1.62. The van der Waals surface area contributed by atoms with Crippen molar-refractivity contribution in [1.29, 1.82) is 0 Å². The maximum absolute atomic E-state index is 5.37. The highest BCUT2D eigenvalue weighted by atomic mass is 32.1. The Labute approximate surface area is 163 Å². The van der Waals surface area contributed by atoms with E-state index < -0.39 is 0 Å². The van der Waals surface area contributed by atoms with Gasteiger partial charge >= 0.3 is 0 Å². The summed E-state index contributed by atoms with van der Waals surface area (Å²) >= 11 is 5.37. The van der Waals surface area contributed by atoms with Crippen LogP contribution in [0.15, 0.2) is 84.0 Å². The van der Waals surface area contributed by atoms with Crippen LogP contribution in [-0.4, -0.2) is 11.3 Å². The van der Waals surface area contributed by atoms with Crippen LogP contribution in [0.4, 0.5) is 5.69 Å². The van der Waals surface area contributed by atoms with E-state index in [0.717, 1.165) is 16.8 Å². The van der Waals surface area contributed by atoms with Crippen molar-refractivity contribution >= 4 is 50.8 Å². The van der Waals surface area contributed by atoms with E-state index in [1.165, 1.54) is 21.5 Å². The van der Waals surface area contributed by atoms with E-state index in [4.69, 9.17) is 12.2 Å². The van der Waals surface area contributed by atoms with Crippen molar-refractivity contribution in [3.63, 3.8) is 0 Å². The molecule has 132 valence electrons. The highest BCUT2D eigenvalue weighted by Crippen LogP contribution is 2.27. The molecule has 3 nitrogen and oxygen atoms in total. The first kappa shape index (κ1) is 17.2. The zero-order valence-corrected chi connectivity index (χ0v) is 15.8. The Morgan fingerprint density at radius 2 is 1.44 bits per heavy atom. The second-order valence-corrected chi connectivity index (χ2v) is 6.78. The number of nitrogens with zero attached hydrogens (tertiary/aromatic N) is 1. The Kier molecular flexibility index (Phi) is 4.81. The third kappa shape index (κ3) is 3.66. The van der Waals surface area contributed by atoms with Gasteiger partial charge in [-0.25, -0.2) is 0 Å². The number of hydrogen-bond acceptors (Lipinski definition) is 2. The summed E-state index contributed by atoms with van der Waals surface area (Å²) in [5, 5.41) is 12.7. The zero-order valence-electron chi connectivity index (χ0n) is 14.9. The van der Waals surface area contributed by atoms with Gasteiger partial charge in [0.15, 0.2) is 5.11 Å². The number of hydrogen-bond donors (Lipinski definition) is 2. The van der Waals surface area contributed by atoms with Crippen molar-refractivity contribution in [3.8, 4) is 0 Å². The van der Waals surface area contributed by atoms with Crippen LogP contribution in [0.5, 0.6) is 0 Å². The van der Waals surface area contributed by atoms with E-state index in [1.54, 1.807) is 0 Å². The van der Waals surface area contributed by atoms with Gasteiger partial charge in [0.05, 0.1) is 6.21 Å². The lowest BCUT2D eigenvalue weighted by atomic mass is 9.97. The molecule has 0 saturated heterocycles. The van der Waals surface area contributed by atoms with Crippen LogP contribution in [-0.2, 0) is 0 Å². The van der Waals surface area contributed by atoms with Crippen LogP contribution in [0.2, 0.25) is 0 Å². The molecule has 0 heterocycles. The van der Waals surface area contributed by atoms with Gasteiger partial charge in [-0.15, -0.1) is 0 Å². The van der Waals surface area contributed by atoms with E-state index >= 15 is 0 Å². The Hall–Kier alpha value is -3.24. The van der Waals surface area contributed by atoms with Crippen LogP contribution in [0.25, 0.3) is 21.5 Å². The van der Waals surface area contributed by atoms with Crippen molar-refractivity contribution in [2.24, 2.45) is 5.10 Å². The summed E-state index contributed by atoms with van der Waals surface area (Å²) in [6.07, 6.45) is 1.84. The molecule has 0 saturated carbocycles. The highest BCUT2D eigenvalue weighted by molar-refractivity contribution is 7.80. The number of aryl methyl sites for hydroxylation is 1. The lowest BCUT2D eigenvalue weighted by molar-refractivity contribution is 1.05. The van der Waals surface area contributed by atoms with E-state index in [9.17, 15) is 0 Å². The SMILES string of the molecule is Cc1ccccc1NC(=S)N/N=C\c1c2ccccc2cc2ccccc12. The maximum atomic E-state index is 5.37. The van der Waals surface area contributed by atoms with E-state index in [2.05, 4.69) is 58.3 Å². The second-order valence-electron chi connectivity index (χ2n) is 6.37. The molecule has 0 aromatic heterocycles. The Bertz CT molecular complexity index is 1110. The van der Waals surface area contributed by atoms with E-state index in [1.807, 2.05) is 49.5 Å². The second kappa shape index (κ2) is 7.56. The van der Waals surface area contributed by atoms with E-state index in [-0.39, 0.29) is 0 Å². The zero-order chi connectivity index (χ0) is 18.6. The molecule has 4 aromatic rings. The average molecular weight is 369 g/mol. The number of para-hydroxylation sites is 1. The predicted octanol–water partition coefficient (Wildman–Crippen LogP) is 5.62. The first-order valence-corrected chi connectivity index (χ1v) is 9.19. The summed E-state index contributed by atoms with van der Waals surface area (Å²) in [4.78, 5) is 0. The highest BCUT2D eigenvalue weighted by Gasteiger charge is 2.05. The number of rotatable bonds is 3. The Morgan fingerprint density at radius 3 is 2.11 bits per heavy atom. The first-order valence-electron chi connectivity index (χ1n) is 8.78. The molecule has 2 N–H and O–H groups in total. The van der Waals surface area contributed by atoms with E-state index in [0.29, 0.717) is 5.11 Å². The number of benzene rings is 4. The molecule has 0 radical (unpaired) electrons. The molecular weight excluding hydrogens is 350 g/mol. The maximum Gasteiger partial charge on any atom is 0.191 e. The van der Waals surface area contributed by atoms with Crippen LogP contribution in [0, 0.1) is 6.92 Å². The summed E-state index contributed by atoms with van der Waals surface area (Å²) in [5.74, 6) is 0. The lowest BCUT2D eigenvalue weighted by Crippen LogP contribution is -2.24. The van der Waals surface area contributed by atoms with Gasteiger partial charge in [0.2, 0.25) is 0 Å². The van der Waals surface area contributed by atoms with Gasteiger partial charge in [0.25, 0.3) is 0 Å². The molecule has 0 amide bonds. The molecule has 0 fully saturated rings. The van der Waals surface area contributed by atoms with Gasteiger partial charge in [0.1, 0.15) is 0 Å². The summed E-state index contributed by atoms with van der Waals surface area (Å²) in [6.45, 7) is 2.04. The molecular formula is C23H19N3S. The molecule has 0 atom stereocenters. The van der Waals surface area contributed by atoms with Gasteiger partial charge in [0, 0.05) is 11.3 Å². The monoisotopic (exact) mass is 369 g/mol. The normalized spacial score (nSPS) is 11.1. The smallest absolute Gasteiger partial charge is 0.191 e. The fourth-order valence-corrected chi connectivity index (χ4v) is 3.37. The standard InChI is InChI=1S/C23H19N3S/c1-16-8-2-7-13-22(16)25-23(27)26-24-15-21-19-11-5-3-9-17(19)14-18-10-4-6-12-20(18)21/h2-15H,1H3,(H2,25,26,27)/b24-15-. The molecule has 0 unspecified atom stereocenters. The third-order valence-electron chi connectivity index (χ3n) is 4.57. The fourth-order valence-electron chi connectivity index (χ4n) is 3.21. The van der Waals surface area contributed by atoms with Crippen LogP contribution in [0.3, 0.4) is 0 Å². The van der Waals surface area contributed by atoms with Gasteiger partial charge in [-0.3, -0.25) is 5.43 Å². The van der Waals surface area contributed by atoms with Crippen molar-refractivity contribution < 1.29 is 0 Å². The van der Waals surface area contributed by atoms with Gasteiger partial charge in [-0.2, -0.15) is 5.10 Å². The third-order valence-corrected chi connectivity index (χ3v) is 4.76. The van der Waals surface area contributed by atoms with Gasteiger partial charge in [-0.05, 0) is 58.4 Å². The lowest BCUT2D eigenvalue weighted by Gasteiger charge is -2.10.